The maximum absolute atomic E-state index is 12.0. The molecule has 1 fully saturated rings. The molecule has 1 amide bonds. The second-order valence-electron chi connectivity index (χ2n) is 4.81. The molecule has 0 aromatic heterocycles. The Bertz CT molecular complexity index is 516. The second-order valence-corrected chi connectivity index (χ2v) is 5.73. The van der Waals surface area contributed by atoms with Crippen LogP contribution in [0.5, 0.6) is 0 Å². The minimum atomic E-state index is -0.510. The van der Waals surface area contributed by atoms with Crippen molar-refractivity contribution in [2.45, 2.75) is 25.3 Å². The van der Waals surface area contributed by atoms with Gasteiger partial charge in [0.05, 0.1) is 4.92 Å². The van der Waals surface area contributed by atoms with Crippen LogP contribution in [0.4, 0.5) is 5.69 Å². The zero-order chi connectivity index (χ0) is 14.5. The molecule has 2 rings (SSSR count). The van der Waals surface area contributed by atoms with Crippen molar-refractivity contribution in [2.75, 3.05) is 13.1 Å². The van der Waals surface area contributed by atoms with E-state index in [2.05, 4.69) is 26.6 Å². The number of nitrogens with one attached hydrogen (secondary N) is 2. The summed E-state index contributed by atoms with van der Waals surface area (Å²) in [6.45, 7) is 1.52. The Hall–Kier alpha value is -1.47. The fraction of sp³-hybridized carbons (Fsp3) is 0.462. The summed E-state index contributed by atoms with van der Waals surface area (Å²) in [6, 6.07) is 4.53. The average Bonchev–Trinajstić information content (AvgIpc) is 2.45. The summed E-state index contributed by atoms with van der Waals surface area (Å²) in [5.74, 6) is -0.290. The first-order valence-electron chi connectivity index (χ1n) is 6.53. The van der Waals surface area contributed by atoms with Crippen LogP contribution in [0.15, 0.2) is 22.7 Å². The zero-order valence-electron chi connectivity index (χ0n) is 10.9. The van der Waals surface area contributed by atoms with E-state index >= 15 is 0 Å². The lowest BCUT2D eigenvalue weighted by Gasteiger charge is -2.23. The van der Waals surface area contributed by atoms with Crippen LogP contribution < -0.4 is 10.6 Å². The Kier molecular flexibility index (Phi) is 5.08. The van der Waals surface area contributed by atoms with Crippen molar-refractivity contribution < 1.29 is 9.72 Å². The van der Waals surface area contributed by atoms with Crippen molar-refractivity contribution in [3.05, 3.63) is 38.3 Å². The van der Waals surface area contributed by atoms with Gasteiger partial charge in [0.1, 0.15) is 0 Å². The van der Waals surface area contributed by atoms with Crippen LogP contribution in [0.3, 0.4) is 0 Å². The zero-order valence-corrected chi connectivity index (χ0v) is 12.5. The Morgan fingerprint density at radius 3 is 2.90 bits per heavy atom. The summed E-state index contributed by atoms with van der Waals surface area (Å²) >= 11 is 3.18. The van der Waals surface area contributed by atoms with E-state index < -0.39 is 4.92 Å². The molecule has 2 N–H and O–H groups in total. The fourth-order valence-electron chi connectivity index (χ4n) is 2.23. The van der Waals surface area contributed by atoms with E-state index in [0.717, 1.165) is 19.4 Å². The van der Waals surface area contributed by atoms with E-state index in [-0.39, 0.29) is 17.6 Å². The molecule has 1 unspecified atom stereocenters. The van der Waals surface area contributed by atoms with Gasteiger partial charge in [-0.25, -0.2) is 0 Å². The van der Waals surface area contributed by atoms with Crippen molar-refractivity contribution in [1.29, 1.82) is 0 Å². The maximum atomic E-state index is 12.0. The molecule has 0 radical (unpaired) electrons. The third-order valence-corrected chi connectivity index (χ3v) is 3.73. The summed E-state index contributed by atoms with van der Waals surface area (Å²) in [5.41, 5.74) is 0.196. The number of nitro benzene ring substituents is 1. The van der Waals surface area contributed by atoms with Crippen molar-refractivity contribution in [3.8, 4) is 0 Å². The lowest BCUT2D eigenvalue weighted by atomic mass is 10.0. The highest BCUT2D eigenvalue weighted by Crippen LogP contribution is 2.21. The molecule has 1 heterocycles. The number of piperidine rings is 1. The molecule has 0 aliphatic carbocycles. The molecule has 1 atom stereocenters. The van der Waals surface area contributed by atoms with Gasteiger partial charge in [-0.15, -0.1) is 0 Å². The van der Waals surface area contributed by atoms with Crippen LogP contribution in [0.1, 0.15) is 29.6 Å². The Labute approximate surface area is 125 Å². The molecule has 1 aliphatic rings. The molecule has 0 saturated carbocycles. The predicted molar refractivity (Wildman–Crippen MR) is 78.8 cm³/mol. The number of non-ortho nitro benzene ring substituents is 1. The number of amides is 1. The standard InChI is InChI=1S/C13H16BrN3O3/c14-10-5-9(6-12(7-10)17(19)20)13(18)16-8-11-3-1-2-4-15-11/h5-7,11,15H,1-4,8H2,(H,16,18). The van der Waals surface area contributed by atoms with Crippen LogP contribution >= 0.6 is 15.9 Å². The van der Waals surface area contributed by atoms with Gasteiger partial charge in [-0.1, -0.05) is 22.4 Å². The van der Waals surface area contributed by atoms with Gasteiger partial charge >= 0.3 is 0 Å². The van der Waals surface area contributed by atoms with Crippen LogP contribution in [-0.2, 0) is 0 Å². The molecule has 1 aromatic carbocycles. The van der Waals surface area contributed by atoms with E-state index in [1.165, 1.54) is 18.6 Å². The number of hydrogen-bond acceptors (Lipinski definition) is 4. The molecule has 1 aromatic rings. The quantitative estimate of drug-likeness (QED) is 0.649. The third kappa shape index (κ3) is 4.01. The number of carbonyl (C=O) groups excluding carboxylic acids is 1. The van der Waals surface area contributed by atoms with E-state index in [1.54, 1.807) is 6.07 Å². The van der Waals surface area contributed by atoms with E-state index in [4.69, 9.17) is 0 Å². The monoisotopic (exact) mass is 341 g/mol. The normalized spacial score (nSPS) is 18.6. The minimum absolute atomic E-state index is 0.0969. The number of nitro groups is 1. The van der Waals surface area contributed by atoms with Crippen LogP contribution in [0.2, 0.25) is 0 Å². The van der Waals surface area contributed by atoms with E-state index in [1.807, 2.05) is 0 Å². The number of nitrogens with zero attached hydrogens (tertiary/aromatic N) is 1. The first kappa shape index (κ1) is 14.9. The molecular weight excluding hydrogens is 326 g/mol. The predicted octanol–water partition coefficient (Wildman–Crippen LogP) is 2.23. The number of benzene rings is 1. The lowest BCUT2D eigenvalue weighted by molar-refractivity contribution is -0.385. The molecule has 108 valence electrons. The summed E-state index contributed by atoms with van der Waals surface area (Å²) in [6.07, 6.45) is 3.37. The van der Waals surface area contributed by atoms with Gasteiger partial charge in [-0.2, -0.15) is 0 Å². The Balaban J connectivity index is 1.99. The summed E-state index contributed by atoms with van der Waals surface area (Å²) < 4.78 is 0.521. The van der Waals surface area contributed by atoms with Crippen molar-refractivity contribution in [2.24, 2.45) is 0 Å². The maximum Gasteiger partial charge on any atom is 0.271 e. The molecule has 7 heteroatoms. The molecule has 20 heavy (non-hydrogen) atoms. The topological polar surface area (TPSA) is 84.3 Å². The molecule has 1 aliphatic heterocycles. The average molecular weight is 342 g/mol. The first-order valence-corrected chi connectivity index (χ1v) is 7.32. The third-order valence-electron chi connectivity index (χ3n) is 3.28. The number of rotatable bonds is 4. The first-order chi connectivity index (χ1) is 9.56. The molecule has 0 spiro atoms. The largest absolute Gasteiger partial charge is 0.350 e. The molecule has 1 saturated heterocycles. The van der Waals surface area contributed by atoms with Crippen molar-refractivity contribution in [1.82, 2.24) is 10.6 Å². The highest BCUT2D eigenvalue weighted by Gasteiger charge is 2.16. The highest BCUT2D eigenvalue weighted by molar-refractivity contribution is 9.10. The fourth-order valence-corrected chi connectivity index (χ4v) is 2.71. The van der Waals surface area contributed by atoms with Gasteiger partial charge in [0.15, 0.2) is 0 Å². The number of halogens is 1. The van der Waals surface area contributed by atoms with E-state index in [0.29, 0.717) is 16.6 Å². The van der Waals surface area contributed by atoms with Crippen molar-refractivity contribution >= 4 is 27.5 Å². The highest BCUT2D eigenvalue weighted by atomic mass is 79.9. The van der Waals surface area contributed by atoms with Crippen molar-refractivity contribution in [3.63, 3.8) is 0 Å². The van der Waals surface area contributed by atoms with Gasteiger partial charge in [-0.05, 0) is 25.5 Å². The summed E-state index contributed by atoms with van der Waals surface area (Å²) in [5, 5.41) is 16.9. The second kappa shape index (κ2) is 6.81. The van der Waals surface area contributed by atoms with Crippen LogP contribution in [-0.4, -0.2) is 30.0 Å². The van der Waals surface area contributed by atoms with Gasteiger partial charge in [-0.3, -0.25) is 14.9 Å². The Morgan fingerprint density at radius 2 is 2.25 bits per heavy atom. The summed E-state index contributed by atoms with van der Waals surface area (Å²) in [7, 11) is 0. The smallest absolute Gasteiger partial charge is 0.271 e. The minimum Gasteiger partial charge on any atom is -0.350 e. The van der Waals surface area contributed by atoms with Gasteiger partial charge in [0.25, 0.3) is 11.6 Å². The van der Waals surface area contributed by atoms with E-state index in [9.17, 15) is 14.9 Å². The van der Waals surface area contributed by atoms with Gasteiger partial charge < -0.3 is 10.6 Å². The summed E-state index contributed by atoms with van der Waals surface area (Å²) in [4.78, 5) is 22.3. The molecule has 6 nitrogen and oxygen atoms in total. The molecule has 0 bridgehead atoms. The Morgan fingerprint density at radius 1 is 1.45 bits per heavy atom. The van der Waals surface area contributed by atoms with Crippen LogP contribution in [0.25, 0.3) is 0 Å². The molecular formula is C13H16BrN3O3. The van der Waals surface area contributed by atoms with Crippen LogP contribution in [0, 0.1) is 10.1 Å². The number of carbonyl (C=O) groups is 1. The van der Waals surface area contributed by atoms with Gasteiger partial charge in [0.2, 0.25) is 0 Å². The van der Waals surface area contributed by atoms with Gasteiger partial charge in [0, 0.05) is 34.8 Å². The SMILES string of the molecule is O=C(NCC1CCCCN1)c1cc(Br)cc([N+](=O)[O-])c1. The number of hydrogen-bond donors (Lipinski definition) is 2. The lowest BCUT2D eigenvalue weighted by Crippen LogP contribution is -2.43.